The third kappa shape index (κ3) is 2.79. The summed E-state index contributed by atoms with van der Waals surface area (Å²) in [5, 5.41) is 0. The minimum atomic E-state index is -2.56. The Morgan fingerprint density at radius 3 is 2.57 bits per heavy atom. The van der Waals surface area contributed by atoms with E-state index in [1.807, 2.05) is 19.1 Å². The van der Waals surface area contributed by atoms with E-state index in [1.165, 1.54) is 5.56 Å². The molecule has 14 heavy (non-hydrogen) atoms. The molecule has 0 heterocycles. The second-order valence-corrected chi connectivity index (χ2v) is 3.64. The van der Waals surface area contributed by atoms with Gasteiger partial charge in [0, 0.05) is 10.1 Å². The van der Waals surface area contributed by atoms with Crippen molar-refractivity contribution in [2.24, 2.45) is 0 Å². The molecular formula is C10H14O3P+. The number of rotatable bonds is 4. The van der Waals surface area contributed by atoms with Gasteiger partial charge in [-0.05, 0) is 24.5 Å². The highest BCUT2D eigenvalue weighted by molar-refractivity contribution is 7.32. The summed E-state index contributed by atoms with van der Waals surface area (Å²) < 4.78 is 15.3. The van der Waals surface area contributed by atoms with Crippen molar-refractivity contribution >= 4 is 8.25 Å². The Labute approximate surface area is 84.7 Å². The molecule has 0 bridgehead atoms. The Balaban J connectivity index is 2.98. The molecule has 0 aliphatic heterocycles. The molecule has 3 nitrogen and oxygen atoms in total. The molecule has 1 N–H and O–H groups in total. The molecule has 0 spiro atoms. The van der Waals surface area contributed by atoms with Gasteiger partial charge in [0.25, 0.3) is 0 Å². The Kier molecular flexibility index (Phi) is 4.05. The fraction of sp³-hybridized carbons (Fsp3) is 0.400. The van der Waals surface area contributed by atoms with Crippen molar-refractivity contribution in [1.29, 1.82) is 0 Å². The first-order chi connectivity index (χ1) is 6.67. The van der Waals surface area contributed by atoms with Crippen molar-refractivity contribution in [2.75, 3.05) is 0 Å². The van der Waals surface area contributed by atoms with Crippen LogP contribution in [0.3, 0.4) is 0 Å². The molecule has 4 heteroatoms. The van der Waals surface area contributed by atoms with Crippen molar-refractivity contribution in [1.82, 2.24) is 0 Å². The van der Waals surface area contributed by atoms with Gasteiger partial charge in [0.2, 0.25) is 0 Å². The minimum Gasteiger partial charge on any atom is -0.229 e. The van der Waals surface area contributed by atoms with Crippen LogP contribution in [0.2, 0.25) is 0 Å². The van der Waals surface area contributed by atoms with Gasteiger partial charge in [-0.15, -0.1) is 4.89 Å². The van der Waals surface area contributed by atoms with Crippen molar-refractivity contribution in [3.63, 3.8) is 0 Å². The zero-order valence-electron chi connectivity index (χ0n) is 8.36. The summed E-state index contributed by atoms with van der Waals surface area (Å²) in [6, 6.07) is 5.67. The summed E-state index contributed by atoms with van der Waals surface area (Å²) >= 11 is 0. The molecule has 0 aromatic heterocycles. The Morgan fingerprint density at radius 2 is 2.07 bits per heavy atom. The maximum absolute atomic E-state index is 10.5. The molecule has 1 atom stereocenters. The van der Waals surface area contributed by atoms with E-state index >= 15 is 0 Å². The summed E-state index contributed by atoms with van der Waals surface area (Å²) in [6.07, 6.45) is 1.75. The van der Waals surface area contributed by atoms with Gasteiger partial charge >= 0.3 is 8.25 Å². The van der Waals surface area contributed by atoms with Gasteiger partial charge < -0.3 is 0 Å². The Morgan fingerprint density at radius 1 is 1.36 bits per heavy atom. The van der Waals surface area contributed by atoms with Crippen molar-refractivity contribution < 1.29 is 14.0 Å². The summed E-state index contributed by atoms with van der Waals surface area (Å²) in [7, 11) is -2.56. The fourth-order valence-corrected chi connectivity index (χ4v) is 1.65. The van der Waals surface area contributed by atoms with Crippen LogP contribution in [-0.2, 0) is 17.4 Å². The van der Waals surface area contributed by atoms with Crippen LogP contribution < -0.4 is 4.52 Å². The molecule has 0 fully saturated rings. The number of benzene rings is 1. The fourth-order valence-electron chi connectivity index (χ4n) is 1.30. The first kappa shape index (κ1) is 11.2. The van der Waals surface area contributed by atoms with Crippen LogP contribution in [0.15, 0.2) is 18.2 Å². The predicted molar refractivity (Wildman–Crippen MR) is 55.7 cm³/mol. The summed E-state index contributed by atoms with van der Waals surface area (Å²) in [5.74, 6) is 0.508. The van der Waals surface area contributed by atoms with E-state index in [1.54, 1.807) is 6.07 Å². The average molecular weight is 213 g/mol. The molecule has 0 amide bonds. The first-order valence-corrected chi connectivity index (χ1v) is 5.76. The molecule has 0 radical (unpaired) electrons. The van der Waals surface area contributed by atoms with Crippen molar-refractivity contribution in [2.45, 2.75) is 26.7 Å². The maximum atomic E-state index is 10.5. The van der Waals surface area contributed by atoms with Gasteiger partial charge in [0.05, 0.1) is 0 Å². The standard InChI is InChI=1S/C10H13O3P/c1-3-8-5-6-10(13-14(11)12)9(4-2)7-8/h5-7H,3-4H2,1-2H3/p+1. The molecule has 76 valence electrons. The monoisotopic (exact) mass is 213 g/mol. The van der Waals surface area contributed by atoms with Crippen LogP contribution in [-0.4, -0.2) is 4.89 Å². The van der Waals surface area contributed by atoms with Crippen LogP contribution in [0.25, 0.3) is 0 Å². The summed E-state index contributed by atoms with van der Waals surface area (Å²) in [5.41, 5.74) is 2.18. The third-order valence-corrected chi connectivity index (χ3v) is 2.44. The van der Waals surface area contributed by atoms with Gasteiger partial charge in [0.1, 0.15) is 0 Å². The molecule has 1 rings (SSSR count). The second kappa shape index (κ2) is 5.08. The molecule has 0 saturated carbocycles. The largest absolute Gasteiger partial charge is 0.747 e. The molecule has 0 aliphatic rings. The van der Waals surface area contributed by atoms with Crippen LogP contribution in [0.5, 0.6) is 5.75 Å². The summed E-state index contributed by atoms with van der Waals surface area (Å²) in [4.78, 5) is 8.64. The van der Waals surface area contributed by atoms with E-state index in [0.29, 0.717) is 5.75 Å². The molecule has 1 aromatic carbocycles. The van der Waals surface area contributed by atoms with Crippen LogP contribution >= 0.6 is 8.25 Å². The number of hydrogen-bond donors (Lipinski definition) is 1. The Hall–Kier alpha value is -0.920. The van der Waals surface area contributed by atoms with Crippen LogP contribution in [0.1, 0.15) is 25.0 Å². The van der Waals surface area contributed by atoms with E-state index in [4.69, 9.17) is 9.42 Å². The highest BCUT2D eigenvalue weighted by atomic mass is 31.1. The topological polar surface area (TPSA) is 46.5 Å². The molecule has 0 aliphatic carbocycles. The third-order valence-electron chi connectivity index (χ3n) is 2.09. The SMILES string of the molecule is CCc1ccc(O[P+](=O)O)c(CC)c1. The van der Waals surface area contributed by atoms with Gasteiger partial charge in [-0.1, -0.05) is 26.0 Å². The maximum Gasteiger partial charge on any atom is 0.747 e. The highest BCUT2D eigenvalue weighted by Gasteiger charge is 2.16. The van der Waals surface area contributed by atoms with E-state index in [0.717, 1.165) is 18.4 Å². The number of aryl methyl sites for hydroxylation is 2. The van der Waals surface area contributed by atoms with Gasteiger partial charge in [-0.2, -0.15) is 0 Å². The lowest BCUT2D eigenvalue weighted by molar-refractivity contribution is 0.408. The van der Waals surface area contributed by atoms with Crippen molar-refractivity contribution in [3.05, 3.63) is 29.3 Å². The van der Waals surface area contributed by atoms with Crippen LogP contribution in [0.4, 0.5) is 0 Å². The zero-order chi connectivity index (χ0) is 10.6. The normalized spacial score (nSPS) is 11.2. The average Bonchev–Trinajstić information content (AvgIpc) is 2.17. The minimum absolute atomic E-state index is 0.508. The molecule has 1 aromatic rings. The van der Waals surface area contributed by atoms with Crippen molar-refractivity contribution in [3.8, 4) is 5.75 Å². The lowest BCUT2D eigenvalue weighted by atomic mass is 10.1. The van der Waals surface area contributed by atoms with E-state index in [2.05, 4.69) is 6.92 Å². The lowest BCUT2D eigenvalue weighted by Gasteiger charge is -2.03. The lowest BCUT2D eigenvalue weighted by Crippen LogP contribution is -1.91. The van der Waals surface area contributed by atoms with E-state index in [9.17, 15) is 4.57 Å². The van der Waals surface area contributed by atoms with E-state index in [-0.39, 0.29) is 0 Å². The highest BCUT2D eigenvalue weighted by Crippen LogP contribution is 2.28. The van der Waals surface area contributed by atoms with E-state index < -0.39 is 8.25 Å². The second-order valence-electron chi connectivity index (χ2n) is 2.98. The molecule has 1 unspecified atom stereocenters. The quantitative estimate of drug-likeness (QED) is 0.782. The first-order valence-electron chi connectivity index (χ1n) is 4.63. The molecular weight excluding hydrogens is 199 g/mol. The molecule has 0 saturated heterocycles. The van der Waals surface area contributed by atoms with Crippen LogP contribution in [0, 0.1) is 0 Å². The van der Waals surface area contributed by atoms with Gasteiger partial charge in [-0.3, -0.25) is 0 Å². The zero-order valence-corrected chi connectivity index (χ0v) is 9.25. The predicted octanol–water partition coefficient (Wildman–Crippen LogP) is 2.84. The van der Waals surface area contributed by atoms with Gasteiger partial charge in [0.15, 0.2) is 5.75 Å². The van der Waals surface area contributed by atoms with Gasteiger partial charge in [-0.25, -0.2) is 4.52 Å². The smallest absolute Gasteiger partial charge is 0.229 e. The summed E-state index contributed by atoms with van der Waals surface area (Å²) in [6.45, 7) is 4.06. The Bertz CT molecular complexity index is 336. The number of hydrogen-bond acceptors (Lipinski definition) is 2.